The summed E-state index contributed by atoms with van der Waals surface area (Å²) >= 11 is 0. The van der Waals surface area contributed by atoms with Gasteiger partial charge in [0.1, 0.15) is 5.60 Å². The van der Waals surface area contributed by atoms with Crippen LogP contribution in [0.5, 0.6) is 0 Å². The van der Waals surface area contributed by atoms with Gasteiger partial charge in [0, 0.05) is 6.54 Å². The van der Waals surface area contributed by atoms with Crippen LogP contribution in [0.1, 0.15) is 13.3 Å². The van der Waals surface area contributed by atoms with Gasteiger partial charge in [-0.15, -0.1) is 0 Å². The molecule has 0 aromatic rings. The van der Waals surface area contributed by atoms with Crippen LogP contribution in [0.4, 0.5) is 0 Å². The first-order chi connectivity index (χ1) is 4.19. The Bertz CT molecular complexity index is 107. The van der Waals surface area contributed by atoms with E-state index in [0.717, 1.165) is 0 Å². The third kappa shape index (κ3) is 1.08. The predicted octanol–water partition coefficient (Wildman–Crippen LogP) is -0.515. The summed E-state index contributed by atoms with van der Waals surface area (Å²) in [6, 6.07) is 0. The lowest BCUT2D eigenvalue weighted by Crippen LogP contribution is -2.43. The Kier molecular flexibility index (Phi) is 1.75. The van der Waals surface area contributed by atoms with Crippen molar-refractivity contribution in [3.05, 3.63) is 0 Å². The van der Waals surface area contributed by atoms with Crippen LogP contribution in [0.25, 0.3) is 0 Å². The number of rotatable bonds is 1. The highest BCUT2D eigenvalue weighted by molar-refractivity contribution is 4.89. The Morgan fingerprint density at radius 3 is 2.78 bits per heavy atom. The van der Waals surface area contributed by atoms with Crippen molar-refractivity contribution in [3.8, 4) is 0 Å². The number of hydrogen-bond acceptors (Lipinski definition) is 3. The highest BCUT2D eigenvalue weighted by atomic mass is 16.5. The van der Waals surface area contributed by atoms with Gasteiger partial charge in [-0.2, -0.15) is 0 Å². The number of nitrogens with two attached hydrogens (primary N) is 1. The summed E-state index contributed by atoms with van der Waals surface area (Å²) < 4.78 is 5.23. The molecule has 2 atom stereocenters. The van der Waals surface area contributed by atoms with Gasteiger partial charge in [-0.1, -0.05) is 0 Å². The third-order valence-electron chi connectivity index (χ3n) is 1.93. The number of aliphatic hydroxyl groups excluding tert-OH is 1. The molecule has 0 bridgehead atoms. The van der Waals surface area contributed by atoms with E-state index in [2.05, 4.69) is 0 Å². The minimum Gasteiger partial charge on any atom is -0.390 e. The first-order valence-electron chi connectivity index (χ1n) is 3.21. The van der Waals surface area contributed by atoms with E-state index in [1.807, 2.05) is 6.92 Å². The maximum absolute atomic E-state index is 9.24. The van der Waals surface area contributed by atoms with Crippen molar-refractivity contribution >= 4 is 0 Å². The summed E-state index contributed by atoms with van der Waals surface area (Å²) in [5.74, 6) is 0. The van der Waals surface area contributed by atoms with Crippen LogP contribution in [0, 0.1) is 0 Å². The summed E-state index contributed by atoms with van der Waals surface area (Å²) in [7, 11) is 0. The average molecular weight is 131 g/mol. The molecule has 0 amide bonds. The minimum absolute atomic E-state index is 0.373. The van der Waals surface area contributed by atoms with Gasteiger partial charge in [-0.05, 0) is 13.3 Å². The van der Waals surface area contributed by atoms with Gasteiger partial charge in [0.05, 0.1) is 12.7 Å². The zero-order chi connectivity index (χ0) is 6.91. The van der Waals surface area contributed by atoms with Crippen molar-refractivity contribution in [2.24, 2.45) is 5.73 Å². The molecule has 0 aromatic carbocycles. The predicted molar refractivity (Wildman–Crippen MR) is 34.0 cm³/mol. The summed E-state index contributed by atoms with van der Waals surface area (Å²) in [6.45, 7) is 2.87. The number of ether oxygens (including phenoxy) is 1. The van der Waals surface area contributed by atoms with Crippen molar-refractivity contribution in [2.45, 2.75) is 25.0 Å². The Labute approximate surface area is 54.8 Å². The van der Waals surface area contributed by atoms with Crippen LogP contribution in [0.15, 0.2) is 0 Å². The van der Waals surface area contributed by atoms with Gasteiger partial charge >= 0.3 is 0 Å². The topological polar surface area (TPSA) is 55.5 Å². The second kappa shape index (κ2) is 2.25. The van der Waals surface area contributed by atoms with E-state index in [9.17, 15) is 5.11 Å². The zero-order valence-corrected chi connectivity index (χ0v) is 5.63. The zero-order valence-electron chi connectivity index (χ0n) is 5.63. The first-order valence-corrected chi connectivity index (χ1v) is 3.21. The van der Waals surface area contributed by atoms with Gasteiger partial charge in [0.15, 0.2) is 0 Å². The smallest absolute Gasteiger partial charge is 0.103 e. The van der Waals surface area contributed by atoms with E-state index in [1.165, 1.54) is 0 Å². The second-order valence-corrected chi connectivity index (χ2v) is 2.67. The van der Waals surface area contributed by atoms with Crippen LogP contribution in [0.3, 0.4) is 0 Å². The lowest BCUT2D eigenvalue weighted by molar-refractivity contribution is -0.0360. The monoisotopic (exact) mass is 131 g/mol. The molecular weight excluding hydrogens is 118 g/mol. The molecule has 0 aliphatic carbocycles. The van der Waals surface area contributed by atoms with Gasteiger partial charge in [0.25, 0.3) is 0 Å². The molecule has 0 spiro atoms. The Hall–Kier alpha value is -0.120. The van der Waals surface area contributed by atoms with Crippen molar-refractivity contribution in [1.82, 2.24) is 0 Å². The van der Waals surface area contributed by atoms with Crippen LogP contribution >= 0.6 is 0 Å². The highest BCUT2D eigenvalue weighted by Gasteiger charge is 2.37. The van der Waals surface area contributed by atoms with E-state index in [-0.39, 0.29) is 6.10 Å². The van der Waals surface area contributed by atoms with E-state index in [1.54, 1.807) is 0 Å². The van der Waals surface area contributed by atoms with E-state index >= 15 is 0 Å². The van der Waals surface area contributed by atoms with Crippen LogP contribution in [-0.4, -0.2) is 30.0 Å². The molecule has 3 heteroatoms. The molecule has 3 N–H and O–H groups in total. The fraction of sp³-hybridized carbons (Fsp3) is 1.00. The van der Waals surface area contributed by atoms with Crippen molar-refractivity contribution in [2.75, 3.05) is 13.2 Å². The summed E-state index contributed by atoms with van der Waals surface area (Å²) in [5, 5.41) is 9.24. The Morgan fingerprint density at radius 2 is 2.56 bits per heavy atom. The molecule has 1 aliphatic heterocycles. The SMILES string of the molecule is CC1(CN)OCCC1O. The van der Waals surface area contributed by atoms with E-state index < -0.39 is 5.60 Å². The molecule has 2 unspecified atom stereocenters. The normalized spacial score (nSPS) is 43.7. The molecular formula is C6H13NO2. The van der Waals surface area contributed by atoms with Crippen molar-refractivity contribution < 1.29 is 9.84 Å². The number of hydrogen-bond donors (Lipinski definition) is 2. The standard InChI is InChI=1S/C6H13NO2/c1-6(4-7)5(8)2-3-9-6/h5,8H,2-4,7H2,1H3. The van der Waals surface area contributed by atoms with Crippen LogP contribution < -0.4 is 5.73 Å². The quantitative estimate of drug-likeness (QED) is 0.503. The number of aliphatic hydroxyl groups is 1. The average Bonchev–Trinajstić information content (AvgIpc) is 2.15. The molecule has 3 nitrogen and oxygen atoms in total. The summed E-state index contributed by atoms with van der Waals surface area (Å²) in [4.78, 5) is 0. The fourth-order valence-electron chi connectivity index (χ4n) is 1.00. The van der Waals surface area contributed by atoms with Crippen LogP contribution in [0.2, 0.25) is 0 Å². The molecule has 0 saturated carbocycles. The summed E-state index contributed by atoms with van der Waals surface area (Å²) in [5.41, 5.74) is 4.90. The Morgan fingerprint density at radius 1 is 1.89 bits per heavy atom. The molecule has 1 saturated heterocycles. The molecule has 1 aliphatic rings. The van der Waals surface area contributed by atoms with Gasteiger partial charge in [0.2, 0.25) is 0 Å². The maximum Gasteiger partial charge on any atom is 0.103 e. The lowest BCUT2D eigenvalue weighted by atomic mass is 10.0. The fourth-order valence-corrected chi connectivity index (χ4v) is 1.00. The van der Waals surface area contributed by atoms with Crippen molar-refractivity contribution in [3.63, 3.8) is 0 Å². The molecule has 1 heterocycles. The first kappa shape index (κ1) is 6.99. The molecule has 1 fully saturated rings. The molecule has 0 radical (unpaired) electrons. The molecule has 0 aromatic heterocycles. The highest BCUT2D eigenvalue weighted by Crippen LogP contribution is 2.23. The van der Waals surface area contributed by atoms with Crippen molar-refractivity contribution in [1.29, 1.82) is 0 Å². The second-order valence-electron chi connectivity index (χ2n) is 2.67. The third-order valence-corrected chi connectivity index (χ3v) is 1.93. The van der Waals surface area contributed by atoms with Crippen LogP contribution in [-0.2, 0) is 4.74 Å². The summed E-state index contributed by atoms with van der Waals surface area (Å²) in [6.07, 6.45) is 0.343. The Balaban J connectivity index is 2.56. The largest absolute Gasteiger partial charge is 0.390 e. The van der Waals surface area contributed by atoms with Gasteiger partial charge in [-0.3, -0.25) is 0 Å². The molecule has 9 heavy (non-hydrogen) atoms. The van der Waals surface area contributed by atoms with E-state index in [0.29, 0.717) is 19.6 Å². The van der Waals surface area contributed by atoms with E-state index in [4.69, 9.17) is 10.5 Å². The minimum atomic E-state index is -0.472. The molecule has 54 valence electrons. The lowest BCUT2D eigenvalue weighted by Gasteiger charge is -2.24. The molecule has 1 rings (SSSR count). The van der Waals surface area contributed by atoms with Gasteiger partial charge in [-0.25, -0.2) is 0 Å². The maximum atomic E-state index is 9.24. The van der Waals surface area contributed by atoms with Gasteiger partial charge < -0.3 is 15.6 Å².